The second-order valence-corrected chi connectivity index (χ2v) is 22.1. The van der Waals surface area contributed by atoms with E-state index in [1.807, 2.05) is 36.4 Å². The highest BCUT2D eigenvalue weighted by Crippen LogP contribution is 2.44. The molecule has 0 atom stereocenters. The van der Waals surface area contributed by atoms with E-state index in [0.717, 1.165) is 124 Å². The molecule has 0 bridgehead atoms. The number of methoxy groups -OCH3 is 3. The van der Waals surface area contributed by atoms with Crippen molar-refractivity contribution in [3.63, 3.8) is 0 Å². The number of nitrogens with zero attached hydrogens (tertiary/aromatic N) is 4. The first-order valence-electron chi connectivity index (χ1n) is 29.5. The Morgan fingerprint density at radius 2 is 0.379 bits per heavy atom. The Morgan fingerprint density at radius 1 is 0.195 bits per heavy atom. The normalized spacial score (nSPS) is 11.0. The molecule has 0 saturated heterocycles. The van der Waals surface area contributed by atoms with Crippen molar-refractivity contribution < 1.29 is 14.2 Å². The van der Waals surface area contributed by atoms with Crippen LogP contribution in [0.25, 0.3) is 33.4 Å². The van der Waals surface area contributed by atoms with Crippen molar-refractivity contribution in [1.82, 2.24) is 0 Å². The summed E-state index contributed by atoms with van der Waals surface area (Å²) in [5, 5.41) is 0. The molecule has 0 saturated carbocycles. The Balaban J connectivity index is 0.808. The van der Waals surface area contributed by atoms with E-state index in [9.17, 15) is 0 Å². The molecule has 0 radical (unpaired) electrons. The Kier molecular flexibility index (Phi) is 16.4. The van der Waals surface area contributed by atoms with Crippen LogP contribution >= 0.6 is 0 Å². The van der Waals surface area contributed by atoms with Gasteiger partial charge in [0.15, 0.2) is 0 Å². The van der Waals surface area contributed by atoms with Gasteiger partial charge in [0.05, 0.1) is 21.3 Å². The van der Waals surface area contributed by atoms with Gasteiger partial charge in [-0.1, -0.05) is 114 Å². The SMILES string of the molecule is COc1ccc(N(c2ccc(C)cc2)c2ccc(-c3ccc(N(c4ccc(C)cc4)c4ccc(-c5ccc(N(c6ccc(OC)cc6)c6ccc(-c7ccc(N(c8ccc(C)cc8)c8ccc(OC)cc8)cc7)cc6)c(C)c5)cc4C)cc3)cc2)cc1. The summed E-state index contributed by atoms with van der Waals surface area (Å²) in [5.41, 5.74) is 25.7. The minimum absolute atomic E-state index is 0.809. The van der Waals surface area contributed by atoms with Gasteiger partial charge in [0.25, 0.3) is 0 Å². The highest BCUT2D eigenvalue weighted by Gasteiger charge is 2.21. The third-order valence-electron chi connectivity index (χ3n) is 16.2. The second-order valence-electron chi connectivity index (χ2n) is 22.1. The van der Waals surface area contributed by atoms with Crippen LogP contribution in [0.3, 0.4) is 0 Å². The molecule has 7 heteroatoms. The zero-order valence-electron chi connectivity index (χ0n) is 50.6. The fourth-order valence-corrected chi connectivity index (χ4v) is 11.4. The standard InChI is InChI=1S/C80H70N4O3/c1-55-9-25-66(26-10-55)81(70-39-45-76(85-6)46-40-70)68-31-15-60(16-32-68)62-19-35-73(36-20-62)83(72-29-13-57(3)14-30-72)79-51-23-64(53-58(79)4)65-24-52-80(59(5)54-65)84(75-43-49-78(87-8)50-44-75)74-37-21-63(22-38-74)61-17-33-69(34-18-61)82(67-27-11-56(2)12-28-67)71-41-47-77(86-7)48-42-71/h9-54H,1-8H3. The molecule has 7 nitrogen and oxygen atoms in total. The summed E-state index contributed by atoms with van der Waals surface area (Å²) in [6.45, 7) is 10.8. The average Bonchev–Trinajstić information content (AvgIpc) is 2.71. The fraction of sp³-hybridized carbons (Fsp3) is 0.100. The Hall–Kier alpha value is -10.8. The van der Waals surface area contributed by atoms with Gasteiger partial charge in [0.1, 0.15) is 17.2 Å². The fourth-order valence-electron chi connectivity index (χ4n) is 11.4. The number of hydrogen-bond acceptors (Lipinski definition) is 7. The van der Waals surface area contributed by atoms with Gasteiger partial charge in [-0.15, -0.1) is 0 Å². The molecule has 0 amide bonds. The lowest BCUT2D eigenvalue weighted by Gasteiger charge is -2.28. The highest BCUT2D eigenvalue weighted by molar-refractivity contribution is 5.86. The average molecular weight is 1140 g/mol. The lowest BCUT2D eigenvalue weighted by Crippen LogP contribution is -2.12. The lowest BCUT2D eigenvalue weighted by atomic mass is 9.98. The molecule has 12 aromatic rings. The molecule has 0 unspecified atom stereocenters. The maximum absolute atomic E-state index is 5.61. The van der Waals surface area contributed by atoms with Gasteiger partial charge in [-0.3, -0.25) is 0 Å². The molecule has 0 heterocycles. The van der Waals surface area contributed by atoms with E-state index in [1.165, 1.54) is 22.3 Å². The summed E-state index contributed by atoms with van der Waals surface area (Å²) in [5.74, 6) is 2.46. The van der Waals surface area contributed by atoms with Crippen LogP contribution < -0.4 is 33.8 Å². The van der Waals surface area contributed by atoms with Crippen LogP contribution in [0.4, 0.5) is 68.2 Å². The van der Waals surface area contributed by atoms with Crippen molar-refractivity contribution >= 4 is 68.2 Å². The van der Waals surface area contributed by atoms with Crippen molar-refractivity contribution in [2.75, 3.05) is 40.9 Å². The van der Waals surface area contributed by atoms with Crippen LogP contribution in [0.1, 0.15) is 27.8 Å². The number of anilines is 12. The molecule has 87 heavy (non-hydrogen) atoms. The summed E-state index contributed by atoms with van der Waals surface area (Å²) in [6, 6.07) is 99.9. The smallest absolute Gasteiger partial charge is 0.119 e. The van der Waals surface area contributed by atoms with Crippen LogP contribution in [-0.2, 0) is 0 Å². The van der Waals surface area contributed by atoms with Gasteiger partial charge in [-0.05, 0) is 261 Å². The molecule has 12 rings (SSSR count). The zero-order valence-corrected chi connectivity index (χ0v) is 50.6. The number of rotatable bonds is 18. The first-order chi connectivity index (χ1) is 42.5. The largest absolute Gasteiger partial charge is 0.497 e. The number of aryl methyl sites for hydroxylation is 5. The molecule has 0 fully saturated rings. The maximum Gasteiger partial charge on any atom is 0.119 e. The molecular formula is C80H70N4O3. The van der Waals surface area contributed by atoms with Gasteiger partial charge in [-0.25, -0.2) is 0 Å². The third-order valence-corrected chi connectivity index (χ3v) is 16.2. The van der Waals surface area contributed by atoms with Crippen molar-refractivity contribution in [1.29, 1.82) is 0 Å². The van der Waals surface area contributed by atoms with E-state index in [-0.39, 0.29) is 0 Å². The molecule has 12 aromatic carbocycles. The van der Waals surface area contributed by atoms with Crippen LogP contribution in [-0.4, -0.2) is 21.3 Å². The molecule has 0 N–H and O–H groups in total. The zero-order chi connectivity index (χ0) is 60.0. The molecule has 0 aliphatic heterocycles. The summed E-state index contributed by atoms with van der Waals surface area (Å²) in [6.07, 6.45) is 0. The van der Waals surface area contributed by atoms with Crippen molar-refractivity contribution in [3.05, 3.63) is 307 Å². The van der Waals surface area contributed by atoms with Crippen molar-refractivity contribution in [3.8, 4) is 50.6 Å². The summed E-state index contributed by atoms with van der Waals surface area (Å²) in [4.78, 5) is 9.25. The van der Waals surface area contributed by atoms with Crippen LogP contribution in [0.15, 0.2) is 279 Å². The molecule has 0 aliphatic rings. The molecule has 0 aromatic heterocycles. The molecule has 0 spiro atoms. The molecule has 0 aliphatic carbocycles. The minimum atomic E-state index is 0.809. The van der Waals surface area contributed by atoms with E-state index >= 15 is 0 Å². The monoisotopic (exact) mass is 1130 g/mol. The van der Waals surface area contributed by atoms with Gasteiger partial charge < -0.3 is 33.8 Å². The quantitative estimate of drug-likeness (QED) is 0.0848. The topological polar surface area (TPSA) is 40.7 Å². The number of hydrogen-bond donors (Lipinski definition) is 0. The predicted octanol–water partition coefficient (Wildman–Crippen LogP) is 22.1. The van der Waals surface area contributed by atoms with E-state index in [4.69, 9.17) is 14.2 Å². The van der Waals surface area contributed by atoms with E-state index in [2.05, 4.69) is 297 Å². The molecular weight excluding hydrogens is 1060 g/mol. The first kappa shape index (κ1) is 56.7. The second kappa shape index (κ2) is 25.2. The highest BCUT2D eigenvalue weighted by atomic mass is 16.5. The van der Waals surface area contributed by atoms with E-state index in [0.29, 0.717) is 0 Å². The number of benzene rings is 12. The summed E-state index contributed by atoms with van der Waals surface area (Å²) >= 11 is 0. The Morgan fingerprint density at radius 3 is 0.586 bits per heavy atom. The Labute approximate surface area is 512 Å². The van der Waals surface area contributed by atoms with Crippen LogP contribution in [0.2, 0.25) is 0 Å². The van der Waals surface area contributed by atoms with Crippen molar-refractivity contribution in [2.24, 2.45) is 0 Å². The van der Waals surface area contributed by atoms with Gasteiger partial charge >= 0.3 is 0 Å². The van der Waals surface area contributed by atoms with Crippen LogP contribution in [0.5, 0.6) is 17.2 Å². The minimum Gasteiger partial charge on any atom is -0.497 e. The number of ether oxygens (including phenoxy) is 3. The van der Waals surface area contributed by atoms with E-state index < -0.39 is 0 Å². The first-order valence-corrected chi connectivity index (χ1v) is 29.5. The van der Waals surface area contributed by atoms with Gasteiger partial charge in [0.2, 0.25) is 0 Å². The lowest BCUT2D eigenvalue weighted by molar-refractivity contribution is 0.414. The van der Waals surface area contributed by atoms with E-state index in [1.54, 1.807) is 21.3 Å². The Bertz CT molecular complexity index is 4260. The maximum atomic E-state index is 5.61. The summed E-state index contributed by atoms with van der Waals surface area (Å²) < 4.78 is 16.6. The van der Waals surface area contributed by atoms with Gasteiger partial charge in [0, 0.05) is 68.2 Å². The van der Waals surface area contributed by atoms with Crippen molar-refractivity contribution in [2.45, 2.75) is 34.6 Å². The predicted molar refractivity (Wildman–Crippen MR) is 365 cm³/mol. The third kappa shape index (κ3) is 12.3. The molecule has 428 valence electrons. The summed E-state index contributed by atoms with van der Waals surface area (Å²) in [7, 11) is 5.10. The van der Waals surface area contributed by atoms with Gasteiger partial charge in [-0.2, -0.15) is 0 Å². The van der Waals surface area contributed by atoms with Crippen LogP contribution in [0, 0.1) is 34.6 Å².